The van der Waals surface area contributed by atoms with Crippen molar-refractivity contribution in [2.45, 2.75) is 53.0 Å². The van der Waals surface area contributed by atoms with E-state index in [-0.39, 0.29) is 18.0 Å². The number of fused-ring (bicyclic) bond motifs is 3. The molecule has 1 heterocycles. The van der Waals surface area contributed by atoms with E-state index in [4.69, 9.17) is 4.42 Å². The third kappa shape index (κ3) is 3.17. The highest BCUT2D eigenvalue weighted by Crippen LogP contribution is 2.37. The third-order valence-corrected chi connectivity index (χ3v) is 5.09. The van der Waals surface area contributed by atoms with Crippen LogP contribution >= 0.6 is 12.4 Å². The van der Waals surface area contributed by atoms with E-state index < -0.39 is 0 Å². The minimum atomic E-state index is -0.234. The SMILES string of the molecule is CCN(CC)Cc1c(C)cc2oc(=O)c3c(c2c1O)CCCC3.Cl. The Kier molecular flexibility index (Phi) is 5.94. The van der Waals surface area contributed by atoms with Gasteiger partial charge in [0, 0.05) is 17.7 Å². The summed E-state index contributed by atoms with van der Waals surface area (Å²) in [6, 6.07) is 1.91. The van der Waals surface area contributed by atoms with Crippen LogP contribution in [0.25, 0.3) is 11.0 Å². The summed E-state index contributed by atoms with van der Waals surface area (Å²) in [7, 11) is 0. The molecule has 0 saturated heterocycles. The maximum Gasteiger partial charge on any atom is 0.339 e. The van der Waals surface area contributed by atoms with Crippen molar-refractivity contribution in [3.63, 3.8) is 0 Å². The van der Waals surface area contributed by atoms with Crippen molar-refractivity contribution < 1.29 is 9.52 Å². The maximum absolute atomic E-state index is 12.2. The van der Waals surface area contributed by atoms with Crippen LogP contribution in [0.1, 0.15) is 48.9 Å². The highest BCUT2D eigenvalue weighted by Gasteiger charge is 2.23. The van der Waals surface area contributed by atoms with Gasteiger partial charge in [0.2, 0.25) is 0 Å². The average Bonchev–Trinajstić information content (AvgIpc) is 2.55. The topological polar surface area (TPSA) is 53.7 Å². The van der Waals surface area contributed by atoms with Crippen LogP contribution in [0.15, 0.2) is 15.3 Å². The first-order valence-electron chi connectivity index (χ1n) is 8.59. The Labute approximate surface area is 148 Å². The molecular formula is C19H26ClNO3. The van der Waals surface area contributed by atoms with Crippen LogP contribution in [0, 0.1) is 6.92 Å². The quantitative estimate of drug-likeness (QED) is 0.847. The number of phenols is 1. The Balaban J connectivity index is 0.00000208. The maximum atomic E-state index is 12.2. The van der Waals surface area contributed by atoms with Gasteiger partial charge in [0.05, 0.1) is 5.39 Å². The summed E-state index contributed by atoms with van der Waals surface area (Å²) in [6.45, 7) is 8.81. The first-order chi connectivity index (χ1) is 11.1. The van der Waals surface area contributed by atoms with Crippen LogP contribution in [-0.2, 0) is 19.4 Å². The lowest BCUT2D eigenvalue weighted by atomic mass is 9.89. The fourth-order valence-corrected chi connectivity index (χ4v) is 3.62. The summed E-state index contributed by atoms with van der Waals surface area (Å²) in [5.41, 5.74) is 3.97. The minimum Gasteiger partial charge on any atom is -0.507 e. The van der Waals surface area contributed by atoms with E-state index in [1.54, 1.807) is 0 Å². The summed E-state index contributed by atoms with van der Waals surface area (Å²) in [4.78, 5) is 14.5. The van der Waals surface area contributed by atoms with Gasteiger partial charge in [-0.05, 0) is 62.9 Å². The molecule has 1 aromatic heterocycles. The van der Waals surface area contributed by atoms with Crippen molar-refractivity contribution in [2.24, 2.45) is 0 Å². The standard InChI is InChI=1S/C19H25NO3.ClH/c1-4-20(5-2)11-15-12(3)10-16-17(18(15)21)13-8-6-7-9-14(13)19(22)23-16;/h10,21H,4-9,11H2,1-3H3;1H. The number of nitrogens with zero attached hydrogens (tertiary/aromatic N) is 1. The normalized spacial score (nSPS) is 13.8. The molecule has 2 aromatic rings. The molecule has 0 atom stereocenters. The molecule has 4 nitrogen and oxygen atoms in total. The number of hydrogen-bond acceptors (Lipinski definition) is 4. The van der Waals surface area contributed by atoms with Crippen LogP contribution < -0.4 is 5.63 Å². The van der Waals surface area contributed by atoms with Gasteiger partial charge in [-0.1, -0.05) is 13.8 Å². The largest absolute Gasteiger partial charge is 0.507 e. The molecule has 1 aliphatic carbocycles. The number of benzene rings is 1. The molecule has 1 aliphatic rings. The predicted octanol–water partition coefficient (Wildman–Crippen LogP) is 3.95. The fraction of sp³-hybridized carbons (Fsp3) is 0.526. The molecule has 24 heavy (non-hydrogen) atoms. The Morgan fingerprint density at radius 3 is 2.42 bits per heavy atom. The Morgan fingerprint density at radius 1 is 1.17 bits per heavy atom. The fourth-order valence-electron chi connectivity index (χ4n) is 3.62. The molecule has 0 bridgehead atoms. The molecule has 1 aromatic carbocycles. The van der Waals surface area contributed by atoms with E-state index in [0.717, 1.165) is 66.4 Å². The van der Waals surface area contributed by atoms with E-state index in [1.165, 1.54) is 0 Å². The van der Waals surface area contributed by atoms with E-state index in [9.17, 15) is 9.90 Å². The van der Waals surface area contributed by atoms with Gasteiger partial charge in [0.1, 0.15) is 11.3 Å². The number of rotatable bonds is 4. The zero-order valence-corrected chi connectivity index (χ0v) is 15.5. The van der Waals surface area contributed by atoms with Gasteiger partial charge in [-0.3, -0.25) is 4.90 Å². The van der Waals surface area contributed by atoms with Gasteiger partial charge in [-0.25, -0.2) is 4.79 Å². The van der Waals surface area contributed by atoms with Crippen LogP contribution in [0.3, 0.4) is 0 Å². The summed E-state index contributed by atoms with van der Waals surface area (Å²) < 4.78 is 5.51. The lowest BCUT2D eigenvalue weighted by molar-refractivity contribution is 0.290. The summed E-state index contributed by atoms with van der Waals surface area (Å²) in [6.07, 6.45) is 3.68. The van der Waals surface area contributed by atoms with Crippen molar-refractivity contribution in [3.8, 4) is 5.75 Å². The van der Waals surface area contributed by atoms with Crippen LogP contribution in [0.4, 0.5) is 0 Å². The van der Waals surface area contributed by atoms with Gasteiger partial charge in [0.15, 0.2) is 0 Å². The van der Waals surface area contributed by atoms with Crippen LogP contribution in [0.2, 0.25) is 0 Å². The van der Waals surface area contributed by atoms with Crippen LogP contribution in [-0.4, -0.2) is 23.1 Å². The monoisotopic (exact) mass is 351 g/mol. The smallest absolute Gasteiger partial charge is 0.339 e. The van der Waals surface area contributed by atoms with E-state index in [1.807, 2.05) is 13.0 Å². The highest BCUT2D eigenvalue weighted by molar-refractivity contribution is 5.90. The van der Waals surface area contributed by atoms with E-state index in [0.29, 0.717) is 17.9 Å². The molecule has 5 heteroatoms. The molecule has 0 radical (unpaired) electrons. The molecule has 0 fully saturated rings. The van der Waals surface area contributed by atoms with Gasteiger partial charge in [-0.2, -0.15) is 0 Å². The first-order valence-corrected chi connectivity index (χ1v) is 8.59. The minimum absolute atomic E-state index is 0. The lowest BCUT2D eigenvalue weighted by Gasteiger charge is -2.22. The van der Waals surface area contributed by atoms with Gasteiger partial charge >= 0.3 is 5.63 Å². The first kappa shape index (κ1) is 18.8. The molecule has 0 unspecified atom stereocenters. The van der Waals surface area contributed by atoms with Crippen molar-refractivity contribution in [1.82, 2.24) is 4.90 Å². The average molecular weight is 352 g/mol. The Hall–Kier alpha value is -1.52. The van der Waals surface area contributed by atoms with E-state index in [2.05, 4.69) is 18.7 Å². The molecule has 0 aliphatic heterocycles. The number of hydrogen-bond donors (Lipinski definition) is 1. The van der Waals surface area contributed by atoms with E-state index >= 15 is 0 Å². The molecular weight excluding hydrogens is 326 g/mol. The van der Waals surface area contributed by atoms with Crippen molar-refractivity contribution in [1.29, 1.82) is 0 Å². The molecule has 3 rings (SSSR count). The zero-order valence-electron chi connectivity index (χ0n) is 14.6. The summed E-state index contributed by atoms with van der Waals surface area (Å²) >= 11 is 0. The summed E-state index contributed by atoms with van der Waals surface area (Å²) in [5.74, 6) is 0.300. The molecule has 0 spiro atoms. The molecule has 0 amide bonds. The van der Waals surface area contributed by atoms with Crippen LogP contribution in [0.5, 0.6) is 5.75 Å². The number of phenolic OH excluding ortho intramolecular Hbond substituents is 1. The number of aromatic hydroxyl groups is 1. The van der Waals surface area contributed by atoms with Crippen molar-refractivity contribution in [2.75, 3.05) is 13.1 Å². The van der Waals surface area contributed by atoms with Gasteiger partial charge in [-0.15, -0.1) is 12.4 Å². The number of halogens is 1. The van der Waals surface area contributed by atoms with Crippen molar-refractivity contribution in [3.05, 3.63) is 38.7 Å². The van der Waals surface area contributed by atoms with Gasteiger partial charge < -0.3 is 9.52 Å². The molecule has 0 saturated carbocycles. The second kappa shape index (κ2) is 7.58. The summed E-state index contributed by atoms with van der Waals surface area (Å²) in [5, 5.41) is 11.7. The zero-order chi connectivity index (χ0) is 16.6. The second-order valence-electron chi connectivity index (χ2n) is 6.41. The van der Waals surface area contributed by atoms with Crippen molar-refractivity contribution >= 4 is 23.4 Å². The second-order valence-corrected chi connectivity index (χ2v) is 6.41. The third-order valence-electron chi connectivity index (χ3n) is 5.09. The lowest BCUT2D eigenvalue weighted by Crippen LogP contribution is -2.23. The number of aryl methyl sites for hydroxylation is 2. The Bertz CT molecular complexity index is 794. The predicted molar refractivity (Wildman–Crippen MR) is 99.4 cm³/mol. The molecule has 1 N–H and O–H groups in total. The van der Waals surface area contributed by atoms with Gasteiger partial charge in [0.25, 0.3) is 0 Å². The molecule has 132 valence electrons. The highest BCUT2D eigenvalue weighted by atomic mass is 35.5. The Morgan fingerprint density at radius 2 is 1.79 bits per heavy atom.